The second-order valence-corrected chi connectivity index (χ2v) is 3.71. The zero-order valence-electron chi connectivity index (χ0n) is 5.20. The SMILES string of the molecule is CC(F)(F)c1ccc(Cl)s1. The lowest BCUT2D eigenvalue weighted by molar-refractivity contribution is 0.0215. The molecule has 1 rings (SSSR count). The van der Waals surface area contributed by atoms with Crippen LogP contribution < -0.4 is 0 Å². The minimum Gasteiger partial charge on any atom is -0.201 e. The number of halogens is 3. The topological polar surface area (TPSA) is 0 Å². The van der Waals surface area contributed by atoms with Crippen LogP contribution >= 0.6 is 22.9 Å². The van der Waals surface area contributed by atoms with E-state index in [9.17, 15) is 8.78 Å². The van der Waals surface area contributed by atoms with E-state index in [2.05, 4.69) is 0 Å². The van der Waals surface area contributed by atoms with Gasteiger partial charge in [-0.05, 0) is 12.1 Å². The molecule has 0 N–H and O–H groups in total. The lowest BCUT2D eigenvalue weighted by Crippen LogP contribution is -2.02. The van der Waals surface area contributed by atoms with Gasteiger partial charge in [-0.25, -0.2) is 8.78 Å². The average molecular weight is 183 g/mol. The van der Waals surface area contributed by atoms with Crippen molar-refractivity contribution >= 4 is 22.9 Å². The number of rotatable bonds is 1. The van der Waals surface area contributed by atoms with Crippen molar-refractivity contribution in [2.45, 2.75) is 12.8 Å². The lowest BCUT2D eigenvalue weighted by atomic mass is 10.3. The van der Waals surface area contributed by atoms with Crippen molar-refractivity contribution < 1.29 is 8.78 Å². The molecular formula is C6H5ClF2S. The van der Waals surface area contributed by atoms with E-state index in [1.165, 1.54) is 12.1 Å². The molecule has 0 atom stereocenters. The predicted molar refractivity (Wildman–Crippen MR) is 38.9 cm³/mol. The molecule has 0 aliphatic rings. The van der Waals surface area contributed by atoms with Crippen molar-refractivity contribution in [3.05, 3.63) is 21.3 Å². The van der Waals surface area contributed by atoms with E-state index in [-0.39, 0.29) is 4.88 Å². The Kier molecular flexibility index (Phi) is 1.97. The van der Waals surface area contributed by atoms with Crippen molar-refractivity contribution in [3.8, 4) is 0 Å². The van der Waals surface area contributed by atoms with E-state index in [4.69, 9.17) is 11.6 Å². The van der Waals surface area contributed by atoms with Crippen LogP contribution in [0.15, 0.2) is 12.1 Å². The molecule has 0 aliphatic carbocycles. The van der Waals surface area contributed by atoms with Crippen LogP contribution in [0, 0.1) is 0 Å². The van der Waals surface area contributed by atoms with Crippen molar-refractivity contribution in [3.63, 3.8) is 0 Å². The molecule has 10 heavy (non-hydrogen) atoms. The van der Waals surface area contributed by atoms with Gasteiger partial charge in [-0.3, -0.25) is 0 Å². The van der Waals surface area contributed by atoms with E-state index in [0.29, 0.717) is 4.34 Å². The Bertz CT molecular complexity index is 226. The number of hydrogen-bond donors (Lipinski definition) is 0. The van der Waals surface area contributed by atoms with Crippen LogP contribution in [0.3, 0.4) is 0 Å². The highest BCUT2D eigenvalue weighted by molar-refractivity contribution is 7.16. The molecule has 0 fully saturated rings. The molecule has 56 valence electrons. The van der Waals surface area contributed by atoms with Crippen molar-refractivity contribution in [1.82, 2.24) is 0 Å². The molecule has 0 aliphatic heterocycles. The van der Waals surface area contributed by atoms with Crippen LogP contribution in [0.5, 0.6) is 0 Å². The van der Waals surface area contributed by atoms with Crippen LogP contribution in [0.4, 0.5) is 8.78 Å². The zero-order valence-corrected chi connectivity index (χ0v) is 6.77. The molecule has 4 heteroatoms. The van der Waals surface area contributed by atoms with E-state index < -0.39 is 5.92 Å². The largest absolute Gasteiger partial charge is 0.279 e. The molecule has 0 amide bonds. The minimum atomic E-state index is -2.75. The molecule has 0 unspecified atom stereocenters. The van der Waals surface area contributed by atoms with Crippen LogP contribution in [-0.4, -0.2) is 0 Å². The van der Waals surface area contributed by atoms with Gasteiger partial charge in [-0.15, -0.1) is 11.3 Å². The Morgan fingerprint density at radius 2 is 2.10 bits per heavy atom. The first-order chi connectivity index (χ1) is 4.50. The highest BCUT2D eigenvalue weighted by Gasteiger charge is 2.25. The summed E-state index contributed by atoms with van der Waals surface area (Å²) < 4.78 is 25.2. The standard InChI is InChI=1S/C6H5ClF2S/c1-6(8,9)4-2-3-5(7)10-4/h2-3H,1H3. The van der Waals surface area contributed by atoms with E-state index in [1.54, 1.807) is 0 Å². The number of hydrogen-bond acceptors (Lipinski definition) is 1. The van der Waals surface area contributed by atoms with Gasteiger partial charge in [0.05, 0.1) is 9.21 Å². The molecule has 1 heterocycles. The molecule has 0 radical (unpaired) electrons. The van der Waals surface area contributed by atoms with Crippen LogP contribution in [0.2, 0.25) is 4.34 Å². The highest BCUT2D eigenvalue weighted by Crippen LogP contribution is 2.34. The molecule has 0 saturated heterocycles. The van der Waals surface area contributed by atoms with Gasteiger partial charge in [0.25, 0.3) is 5.92 Å². The molecule has 0 nitrogen and oxygen atoms in total. The normalized spacial score (nSPS) is 12.0. The van der Waals surface area contributed by atoms with Crippen molar-refractivity contribution in [2.24, 2.45) is 0 Å². The lowest BCUT2D eigenvalue weighted by Gasteiger charge is -2.04. The molecule has 0 spiro atoms. The first kappa shape index (κ1) is 7.95. The van der Waals surface area contributed by atoms with Gasteiger partial charge in [-0.1, -0.05) is 11.6 Å². The van der Waals surface area contributed by atoms with Gasteiger partial charge >= 0.3 is 0 Å². The van der Waals surface area contributed by atoms with Gasteiger partial charge < -0.3 is 0 Å². The number of thiophene rings is 1. The summed E-state index contributed by atoms with van der Waals surface area (Å²) in [5.74, 6) is -2.75. The van der Waals surface area contributed by atoms with Crippen molar-refractivity contribution in [2.75, 3.05) is 0 Å². The van der Waals surface area contributed by atoms with Gasteiger partial charge in [0.15, 0.2) is 0 Å². The second-order valence-electron chi connectivity index (χ2n) is 1.99. The molecule has 1 aromatic rings. The molecule has 0 saturated carbocycles. The Hall–Kier alpha value is -0.150. The molecular weight excluding hydrogens is 178 g/mol. The van der Waals surface area contributed by atoms with Crippen molar-refractivity contribution in [1.29, 1.82) is 0 Å². The van der Waals surface area contributed by atoms with Gasteiger partial charge in [0, 0.05) is 6.92 Å². The summed E-state index contributed by atoms with van der Waals surface area (Å²) in [6.45, 7) is 0.856. The summed E-state index contributed by atoms with van der Waals surface area (Å²) in [5, 5.41) is 0. The molecule has 1 aromatic heterocycles. The summed E-state index contributed by atoms with van der Waals surface area (Å²) >= 11 is 6.36. The number of alkyl halides is 2. The fourth-order valence-corrected chi connectivity index (χ4v) is 1.52. The maximum absolute atomic E-state index is 12.4. The Morgan fingerprint density at radius 3 is 2.30 bits per heavy atom. The fraction of sp³-hybridized carbons (Fsp3) is 0.333. The Labute approximate surface area is 66.4 Å². The predicted octanol–water partition coefficient (Wildman–Crippen LogP) is 3.51. The third-order valence-corrected chi connectivity index (χ3v) is 2.41. The monoisotopic (exact) mass is 182 g/mol. The third kappa shape index (κ3) is 1.67. The summed E-state index contributed by atoms with van der Waals surface area (Å²) in [6, 6.07) is 2.81. The maximum Gasteiger partial charge on any atom is 0.279 e. The molecule has 0 bridgehead atoms. The van der Waals surface area contributed by atoms with E-state index >= 15 is 0 Å². The van der Waals surface area contributed by atoms with Gasteiger partial charge in [0.1, 0.15) is 0 Å². The summed E-state index contributed by atoms with van der Waals surface area (Å²) in [5.41, 5.74) is 0. The zero-order chi connectivity index (χ0) is 7.78. The van der Waals surface area contributed by atoms with Crippen LogP contribution in [-0.2, 0) is 5.92 Å². The quantitative estimate of drug-likeness (QED) is 0.624. The van der Waals surface area contributed by atoms with E-state index in [1.807, 2.05) is 0 Å². The van der Waals surface area contributed by atoms with E-state index in [0.717, 1.165) is 18.3 Å². The maximum atomic E-state index is 12.4. The first-order valence-corrected chi connectivity index (χ1v) is 3.83. The minimum absolute atomic E-state index is 0.0116. The smallest absolute Gasteiger partial charge is 0.201 e. The third-order valence-electron chi connectivity index (χ3n) is 1.01. The summed E-state index contributed by atoms with van der Waals surface area (Å²) in [4.78, 5) is 0.0116. The second kappa shape index (κ2) is 2.47. The Balaban J connectivity index is 2.96. The first-order valence-electron chi connectivity index (χ1n) is 2.64. The van der Waals surface area contributed by atoms with Gasteiger partial charge in [0.2, 0.25) is 0 Å². The fourth-order valence-electron chi connectivity index (χ4n) is 0.550. The van der Waals surface area contributed by atoms with Gasteiger partial charge in [-0.2, -0.15) is 0 Å². The summed E-state index contributed by atoms with van der Waals surface area (Å²) in [7, 11) is 0. The van der Waals surface area contributed by atoms with Crippen LogP contribution in [0.1, 0.15) is 11.8 Å². The highest BCUT2D eigenvalue weighted by atomic mass is 35.5. The average Bonchev–Trinajstić information content (AvgIpc) is 2.11. The summed E-state index contributed by atoms with van der Waals surface area (Å²) in [6.07, 6.45) is 0. The Morgan fingerprint density at radius 1 is 1.50 bits per heavy atom. The van der Waals surface area contributed by atoms with Crippen LogP contribution in [0.25, 0.3) is 0 Å². The molecule has 0 aromatic carbocycles.